The SMILES string of the molecule is CCOC(=O)c1cc(Cc2ccccc2)sc1NC(=S)NCCc1ccccc1OC. The number of rotatable bonds is 9. The van der Waals surface area contributed by atoms with Gasteiger partial charge in [-0.3, -0.25) is 0 Å². The van der Waals surface area contributed by atoms with Crippen LogP contribution in [0.15, 0.2) is 60.7 Å². The standard InChI is InChI=1S/C24H26N2O3S2/c1-3-29-23(27)20-16-19(15-17-9-5-4-6-10-17)31-22(20)26-24(30)25-14-13-18-11-7-8-12-21(18)28-2/h4-12,16H,3,13-15H2,1-2H3,(H2,25,26,30). The third-order valence-electron chi connectivity index (χ3n) is 4.60. The zero-order valence-electron chi connectivity index (χ0n) is 17.6. The molecule has 0 saturated carbocycles. The molecule has 0 aliphatic heterocycles. The van der Waals surface area contributed by atoms with Crippen LogP contribution in [0, 0.1) is 0 Å². The maximum Gasteiger partial charge on any atom is 0.341 e. The highest BCUT2D eigenvalue weighted by Crippen LogP contribution is 2.30. The highest BCUT2D eigenvalue weighted by molar-refractivity contribution is 7.80. The van der Waals surface area contributed by atoms with Gasteiger partial charge < -0.3 is 20.1 Å². The number of thiocarbonyl (C=S) groups is 1. The maximum atomic E-state index is 12.4. The molecule has 0 bridgehead atoms. The van der Waals surface area contributed by atoms with Gasteiger partial charge in [-0.15, -0.1) is 11.3 Å². The van der Waals surface area contributed by atoms with E-state index in [1.54, 1.807) is 14.0 Å². The highest BCUT2D eigenvalue weighted by atomic mass is 32.1. The molecule has 162 valence electrons. The van der Waals surface area contributed by atoms with E-state index in [-0.39, 0.29) is 5.97 Å². The third kappa shape index (κ3) is 6.54. The van der Waals surface area contributed by atoms with Crippen molar-refractivity contribution >= 4 is 39.6 Å². The van der Waals surface area contributed by atoms with Crippen LogP contribution in [0.5, 0.6) is 5.75 Å². The summed E-state index contributed by atoms with van der Waals surface area (Å²) in [5.41, 5.74) is 2.80. The molecule has 0 saturated heterocycles. The summed E-state index contributed by atoms with van der Waals surface area (Å²) in [6.45, 7) is 2.76. The first-order valence-corrected chi connectivity index (χ1v) is 11.3. The second-order valence-electron chi connectivity index (χ2n) is 6.78. The monoisotopic (exact) mass is 454 g/mol. The van der Waals surface area contributed by atoms with E-state index in [1.165, 1.54) is 16.9 Å². The van der Waals surface area contributed by atoms with Crippen LogP contribution < -0.4 is 15.4 Å². The fourth-order valence-electron chi connectivity index (χ4n) is 3.15. The number of anilines is 1. The van der Waals surface area contributed by atoms with E-state index in [0.29, 0.717) is 28.8 Å². The number of nitrogens with one attached hydrogen (secondary N) is 2. The summed E-state index contributed by atoms with van der Waals surface area (Å²) in [7, 11) is 1.67. The van der Waals surface area contributed by atoms with Gasteiger partial charge in [-0.05, 0) is 48.8 Å². The number of para-hydroxylation sites is 1. The van der Waals surface area contributed by atoms with Gasteiger partial charge in [0.15, 0.2) is 5.11 Å². The smallest absolute Gasteiger partial charge is 0.341 e. The predicted octanol–water partition coefficient (Wildman–Crippen LogP) is 5.05. The van der Waals surface area contributed by atoms with Crippen LogP contribution in [0.2, 0.25) is 0 Å². The first-order chi connectivity index (χ1) is 15.1. The van der Waals surface area contributed by atoms with E-state index >= 15 is 0 Å². The Bertz CT molecular complexity index is 1020. The van der Waals surface area contributed by atoms with Crippen molar-refractivity contribution in [3.63, 3.8) is 0 Å². The number of carbonyl (C=O) groups is 1. The lowest BCUT2D eigenvalue weighted by molar-refractivity contribution is 0.0528. The van der Waals surface area contributed by atoms with Crippen LogP contribution in [-0.2, 0) is 17.6 Å². The Morgan fingerprint density at radius 3 is 2.58 bits per heavy atom. The largest absolute Gasteiger partial charge is 0.496 e. The van der Waals surface area contributed by atoms with E-state index in [4.69, 9.17) is 21.7 Å². The fourth-order valence-corrected chi connectivity index (χ4v) is 4.50. The molecule has 3 aromatic rings. The molecule has 1 aromatic heterocycles. The molecule has 0 unspecified atom stereocenters. The first-order valence-electron chi connectivity index (χ1n) is 10.1. The molecule has 0 amide bonds. The number of benzene rings is 2. The molecule has 0 atom stereocenters. The number of ether oxygens (including phenoxy) is 2. The second kappa shape index (κ2) is 11.5. The molecule has 0 radical (unpaired) electrons. The van der Waals surface area contributed by atoms with E-state index in [2.05, 4.69) is 22.8 Å². The Hall–Kier alpha value is -2.90. The summed E-state index contributed by atoms with van der Waals surface area (Å²) < 4.78 is 10.6. The second-order valence-corrected chi connectivity index (χ2v) is 8.33. The topological polar surface area (TPSA) is 59.6 Å². The molecular weight excluding hydrogens is 428 g/mol. The van der Waals surface area contributed by atoms with Gasteiger partial charge >= 0.3 is 5.97 Å². The molecule has 0 aliphatic rings. The number of esters is 1. The minimum atomic E-state index is -0.350. The van der Waals surface area contributed by atoms with Crippen LogP contribution in [0.4, 0.5) is 5.00 Å². The minimum Gasteiger partial charge on any atom is -0.496 e. The van der Waals surface area contributed by atoms with Crippen molar-refractivity contribution in [2.24, 2.45) is 0 Å². The van der Waals surface area contributed by atoms with Crippen LogP contribution >= 0.6 is 23.6 Å². The van der Waals surface area contributed by atoms with Crippen LogP contribution in [-0.4, -0.2) is 31.3 Å². The van der Waals surface area contributed by atoms with Crippen LogP contribution in [0.3, 0.4) is 0 Å². The molecule has 0 aliphatic carbocycles. The van der Waals surface area contributed by atoms with Crippen molar-refractivity contribution in [3.8, 4) is 5.75 Å². The highest BCUT2D eigenvalue weighted by Gasteiger charge is 2.18. The summed E-state index contributed by atoms with van der Waals surface area (Å²) in [5, 5.41) is 7.54. The summed E-state index contributed by atoms with van der Waals surface area (Å²) in [4.78, 5) is 13.5. The van der Waals surface area contributed by atoms with E-state index in [0.717, 1.165) is 29.0 Å². The van der Waals surface area contributed by atoms with Gasteiger partial charge in [0, 0.05) is 17.8 Å². The lowest BCUT2D eigenvalue weighted by Gasteiger charge is -2.12. The molecule has 2 N–H and O–H groups in total. The predicted molar refractivity (Wildman–Crippen MR) is 130 cm³/mol. The molecule has 0 spiro atoms. The normalized spacial score (nSPS) is 10.4. The molecule has 7 heteroatoms. The van der Waals surface area contributed by atoms with E-state index in [9.17, 15) is 4.79 Å². The van der Waals surface area contributed by atoms with Gasteiger partial charge in [-0.25, -0.2) is 4.79 Å². The van der Waals surface area contributed by atoms with Crippen LogP contribution in [0.1, 0.15) is 33.3 Å². The first kappa shape index (κ1) is 22.8. The van der Waals surface area contributed by atoms with Gasteiger partial charge in [0.2, 0.25) is 0 Å². The Morgan fingerprint density at radius 1 is 1.10 bits per heavy atom. The number of carbonyl (C=O) groups excluding carboxylic acids is 1. The number of hydrogen-bond acceptors (Lipinski definition) is 5. The Kier molecular flexibility index (Phi) is 8.44. The van der Waals surface area contributed by atoms with Crippen molar-refractivity contribution in [1.29, 1.82) is 0 Å². The zero-order valence-corrected chi connectivity index (χ0v) is 19.3. The molecular formula is C24H26N2O3S2. The Labute approximate surface area is 192 Å². The van der Waals surface area contributed by atoms with Gasteiger partial charge in [0.05, 0.1) is 19.3 Å². The Morgan fingerprint density at radius 2 is 1.84 bits per heavy atom. The van der Waals surface area contributed by atoms with Gasteiger partial charge in [-0.1, -0.05) is 48.5 Å². The van der Waals surface area contributed by atoms with Crippen molar-refractivity contribution in [3.05, 3.63) is 82.2 Å². The van der Waals surface area contributed by atoms with Crippen LogP contribution in [0.25, 0.3) is 0 Å². The molecule has 5 nitrogen and oxygen atoms in total. The molecule has 31 heavy (non-hydrogen) atoms. The zero-order chi connectivity index (χ0) is 22.1. The van der Waals surface area contributed by atoms with Gasteiger partial charge in [0.1, 0.15) is 10.8 Å². The fraction of sp³-hybridized carbons (Fsp3) is 0.250. The van der Waals surface area contributed by atoms with Crippen molar-refractivity contribution in [2.75, 3.05) is 25.6 Å². The lowest BCUT2D eigenvalue weighted by Crippen LogP contribution is -2.30. The molecule has 0 fully saturated rings. The summed E-state index contributed by atoms with van der Waals surface area (Å²) in [6.07, 6.45) is 1.51. The summed E-state index contributed by atoms with van der Waals surface area (Å²) in [6, 6.07) is 19.9. The maximum absolute atomic E-state index is 12.4. The van der Waals surface area contributed by atoms with Gasteiger partial charge in [0.25, 0.3) is 0 Å². The number of methoxy groups -OCH3 is 1. The van der Waals surface area contributed by atoms with Crippen molar-refractivity contribution < 1.29 is 14.3 Å². The van der Waals surface area contributed by atoms with Crippen molar-refractivity contribution in [1.82, 2.24) is 5.32 Å². The van der Waals surface area contributed by atoms with E-state index in [1.807, 2.05) is 48.5 Å². The summed E-state index contributed by atoms with van der Waals surface area (Å²) in [5.74, 6) is 0.508. The summed E-state index contributed by atoms with van der Waals surface area (Å²) >= 11 is 6.98. The third-order valence-corrected chi connectivity index (χ3v) is 5.90. The minimum absolute atomic E-state index is 0.323. The molecule has 2 aromatic carbocycles. The lowest BCUT2D eigenvalue weighted by atomic mass is 10.1. The quantitative estimate of drug-likeness (QED) is 0.348. The van der Waals surface area contributed by atoms with Gasteiger partial charge in [-0.2, -0.15) is 0 Å². The number of thiophene rings is 1. The average Bonchev–Trinajstić information content (AvgIpc) is 3.17. The number of hydrogen-bond donors (Lipinski definition) is 2. The Balaban J connectivity index is 1.65. The van der Waals surface area contributed by atoms with Crippen molar-refractivity contribution in [2.45, 2.75) is 19.8 Å². The molecule has 3 rings (SSSR count). The molecule has 1 heterocycles. The average molecular weight is 455 g/mol. The van der Waals surface area contributed by atoms with E-state index < -0.39 is 0 Å².